The second-order valence-corrected chi connectivity index (χ2v) is 9.28. The van der Waals surface area contributed by atoms with Crippen LogP contribution in [-0.2, 0) is 14.8 Å². The van der Waals surface area contributed by atoms with Gasteiger partial charge in [-0.3, -0.25) is 9.10 Å². The Balaban J connectivity index is 1.76. The van der Waals surface area contributed by atoms with Gasteiger partial charge in [0.15, 0.2) is 0 Å². The predicted molar refractivity (Wildman–Crippen MR) is 116 cm³/mol. The highest BCUT2D eigenvalue weighted by molar-refractivity contribution is 9.10. The SMILES string of the molecule is CS(=O)(=O)N(CCCC(=O)NCCOc1ccccc1Cl)c1cccc(Br)c1. The summed E-state index contributed by atoms with van der Waals surface area (Å²) < 4.78 is 31.7. The minimum atomic E-state index is -3.44. The van der Waals surface area contributed by atoms with Crippen LogP contribution in [0.5, 0.6) is 5.75 Å². The van der Waals surface area contributed by atoms with Gasteiger partial charge in [0.1, 0.15) is 12.4 Å². The Bertz CT molecular complexity index is 908. The Kier molecular flexibility index (Phi) is 8.59. The van der Waals surface area contributed by atoms with E-state index in [0.29, 0.717) is 36.0 Å². The van der Waals surface area contributed by atoms with E-state index in [1.165, 1.54) is 4.31 Å². The highest BCUT2D eigenvalue weighted by Crippen LogP contribution is 2.23. The number of ether oxygens (including phenoxy) is 1. The van der Waals surface area contributed by atoms with E-state index in [0.717, 1.165) is 10.7 Å². The summed E-state index contributed by atoms with van der Waals surface area (Å²) in [5, 5.41) is 3.27. The van der Waals surface area contributed by atoms with Gasteiger partial charge in [-0.25, -0.2) is 8.42 Å². The van der Waals surface area contributed by atoms with Crippen LogP contribution in [0.1, 0.15) is 12.8 Å². The third-order valence-electron chi connectivity index (χ3n) is 3.78. The fourth-order valence-corrected chi connectivity index (χ4v) is 4.04. The second-order valence-electron chi connectivity index (χ2n) is 6.05. The summed E-state index contributed by atoms with van der Waals surface area (Å²) in [7, 11) is -3.44. The van der Waals surface area contributed by atoms with Crippen molar-refractivity contribution in [1.29, 1.82) is 0 Å². The van der Waals surface area contributed by atoms with Crippen molar-refractivity contribution in [3.63, 3.8) is 0 Å². The first-order valence-electron chi connectivity index (χ1n) is 8.64. The highest BCUT2D eigenvalue weighted by Gasteiger charge is 2.17. The quantitative estimate of drug-likeness (QED) is 0.515. The number of carbonyl (C=O) groups excluding carboxylic acids is 1. The number of hydrogen-bond donors (Lipinski definition) is 1. The topological polar surface area (TPSA) is 75.7 Å². The van der Waals surface area contributed by atoms with E-state index < -0.39 is 10.0 Å². The summed E-state index contributed by atoms with van der Waals surface area (Å²) in [6.45, 7) is 0.854. The monoisotopic (exact) mass is 488 g/mol. The van der Waals surface area contributed by atoms with Crippen LogP contribution in [0, 0.1) is 0 Å². The fraction of sp³-hybridized carbons (Fsp3) is 0.316. The summed E-state index contributed by atoms with van der Waals surface area (Å²) >= 11 is 9.33. The lowest BCUT2D eigenvalue weighted by molar-refractivity contribution is -0.121. The van der Waals surface area contributed by atoms with Gasteiger partial charge in [-0.05, 0) is 36.8 Å². The third kappa shape index (κ3) is 7.33. The van der Waals surface area contributed by atoms with Crippen molar-refractivity contribution in [3.05, 3.63) is 58.0 Å². The molecule has 0 aliphatic carbocycles. The molecule has 152 valence electrons. The van der Waals surface area contributed by atoms with Gasteiger partial charge in [-0.2, -0.15) is 0 Å². The zero-order valence-corrected chi connectivity index (χ0v) is 18.6. The van der Waals surface area contributed by atoms with Gasteiger partial charge in [0.25, 0.3) is 0 Å². The molecular formula is C19H22BrClN2O4S. The van der Waals surface area contributed by atoms with Crippen LogP contribution < -0.4 is 14.4 Å². The van der Waals surface area contributed by atoms with Crippen molar-refractivity contribution in [2.75, 3.05) is 30.3 Å². The molecule has 0 fully saturated rings. The zero-order valence-electron chi connectivity index (χ0n) is 15.4. The van der Waals surface area contributed by atoms with E-state index in [2.05, 4.69) is 21.2 Å². The molecule has 0 aromatic heterocycles. The number of carbonyl (C=O) groups is 1. The summed E-state index contributed by atoms with van der Waals surface area (Å²) in [5.41, 5.74) is 0.561. The Morgan fingerprint density at radius 3 is 2.64 bits per heavy atom. The Hall–Kier alpha value is -1.77. The number of amides is 1. The summed E-state index contributed by atoms with van der Waals surface area (Å²) in [6, 6.07) is 14.2. The molecule has 0 aliphatic heterocycles. The molecule has 0 saturated carbocycles. The smallest absolute Gasteiger partial charge is 0.232 e. The lowest BCUT2D eigenvalue weighted by Gasteiger charge is -2.22. The molecule has 0 aliphatic rings. The molecule has 9 heteroatoms. The second kappa shape index (κ2) is 10.7. The normalized spacial score (nSPS) is 11.1. The lowest BCUT2D eigenvalue weighted by Crippen LogP contribution is -2.32. The van der Waals surface area contributed by atoms with Crippen LogP contribution in [0.2, 0.25) is 5.02 Å². The standard InChI is InChI=1S/C19H22BrClN2O4S/c1-28(25,26)23(16-7-4-6-15(20)14-16)12-5-10-19(24)22-11-13-27-18-9-3-2-8-17(18)21/h2-4,6-9,14H,5,10-13H2,1H3,(H,22,24). The van der Waals surface area contributed by atoms with E-state index in [9.17, 15) is 13.2 Å². The lowest BCUT2D eigenvalue weighted by atomic mass is 10.2. The van der Waals surface area contributed by atoms with E-state index in [-0.39, 0.29) is 18.9 Å². The zero-order chi connectivity index (χ0) is 20.6. The molecule has 0 bridgehead atoms. The summed E-state index contributed by atoms with van der Waals surface area (Å²) in [6.07, 6.45) is 1.77. The Morgan fingerprint density at radius 2 is 1.96 bits per heavy atom. The van der Waals surface area contributed by atoms with Crippen molar-refractivity contribution < 1.29 is 17.9 Å². The molecule has 28 heavy (non-hydrogen) atoms. The Labute approximate surface area is 179 Å². The highest BCUT2D eigenvalue weighted by atomic mass is 79.9. The van der Waals surface area contributed by atoms with Gasteiger partial charge in [0, 0.05) is 17.4 Å². The molecule has 6 nitrogen and oxygen atoms in total. The van der Waals surface area contributed by atoms with Crippen LogP contribution in [0.15, 0.2) is 53.0 Å². The van der Waals surface area contributed by atoms with Crippen molar-refractivity contribution in [2.45, 2.75) is 12.8 Å². The molecule has 2 aromatic carbocycles. The van der Waals surface area contributed by atoms with Crippen LogP contribution in [0.4, 0.5) is 5.69 Å². The number of halogens is 2. The first kappa shape index (κ1) is 22.5. The van der Waals surface area contributed by atoms with Gasteiger partial charge in [-0.1, -0.05) is 45.7 Å². The molecule has 0 spiro atoms. The van der Waals surface area contributed by atoms with Crippen LogP contribution in [-0.4, -0.2) is 40.3 Å². The number of rotatable bonds is 10. The predicted octanol–water partition coefficient (Wildman–Crippen LogP) is 3.84. The molecule has 2 rings (SSSR count). The summed E-state index contributed by atoms with van der Waals surface area (Å²) in [5.74, 6) is 0.404. The fourth-order valence-electron chi connectivity index (χ4n) is 2.50. The van der Waals surface area contributed by atoms with Crippen LogP contribution in [0.3, 0.4) is 0 Å². The maximum atomic E-state index is 12.1. The average molecular weight is 490 g/mol. The van der Waals surface area contributed by atoms with Crippen molar-refractivity contribution >= 4 is 49.1 Å². The van der Waals surface area contributed by atoms with Crippen molar-refractivity contribution in [1.82, 2.24) is 5.32 Å². The third-order valence-corrected chi connectivity index (χ3v) is 5.78. The van der Waals surface area contributed by atoms with Gasteiger partial charge < -0.3 is 10.1 Å². The van der Waals surface area contributed by atoms with Crippen molar-refractivity contribution in [2.24, 2.45) is 0 Å². The van der Waals surface area contributed by atoms with Gasteiger partial charge in [-0.15, -0.1) is 0 Å². The molecule has 0 radical (unpaired) electrons. The van der Waals surface area contributed by atoms with Gasteiger partial charge in [0.05, 0.1) is 23.5 Å². The maximum absolute atomic E-state index is 12.1. The number of anilines is 1. The number of nitrogens with zero attached hydrogens (tertiary/aromatic N) is 1. The van der Waals surface area contributed by atoms with Crippen LogP contribution in [0.25, 0.3) is 0 Å². The first-order valence-corrected chi connectivity index (χ1v) is 11.7. The molecule has 1 amide bonds. The molecule has 0 unspecified atom stereocenters. The number of benzene rings is 2. The minimum absolute atomic E-state index is 0.162. The van der Waals surface area contributed by atoms with Gasteiger partial charge >= 0.3 is 0 Å². The number of para-hydroxylation sites is 1. The number of hydrogen-bond acceptors (Lipinski definition) is 4. The van der Waals surface area contributed by atoms with E-state index in [4.69, 9.17) is 16.3 Å². The van der Waals surface area contributed by atoms with Gasteiger partial charge in [0.2, 0.25) is 15.9 Å². The molecule has 1 N–H and O–H groups in total. The molecular weight excluding hydrogens is 468 g/mol. The van der Waals surface area contributed by atoms with E-state index >= 15 is 0 Å². The Morgan fingerprint density at radius 1 is 1.21 bits per heavy atom. The number of sulfonamides is 1. The number of nitrogens with one attached hydrogen (secondary N) is 1. The minimum Gasteiger partial charge on any atom is -0.490 e. The summed E-state index contributed by atoms with van der Waals surface area (Å²) in [4.78, 5) is 12.0. The molecule has 0 atom stereocenters. The van der Waals surface area contributed by atoms with E-state index in [1.54, 1.807) is 30.3 Å². The molecule has 2 aromatic rings. The molecule has 0 heterocycles. The first-order chi connectivity index (χ1) is 13.3. The van der Waals surface area contributed by atoms with E-state index in [1.807, 2.05) is 18.2 Å². The van der Waals surface area contributed by atoms with Crippen LogP contribution >= 0.6 is 27.5 Å². The average Bonchev–Trinajstić information content (AvgIpc) is 2.62. The largest absolute Gasteiger partial charge is 0.490 e. The van der Waals surface area contributed by atoms with Crippen molar-refractivity contribution in [3.8, 4) is 5.75 Å². The maximum Gasteiger partial charge on any atom is 0.232 e. The molecule has 0 saturated heterocycles.